The summed E-state index contributed by atoms with van der Waals surface area (Å²) in [5, 5.41) is 11.8. The summed E-state index contributed by atoms with van der Waals surface area (Å²) >= 11 is 7.80. The fourth-order valence-corrected chi connectivity index (χ4v) is 3.43. The third-order valence-corrected chi connectivity index (χ3v) is 4.73. The summed E-state index contributed by atoms with van der Waals surface area (Å²) in [6.45, 7) is 2.51. The smallest absolute Gasteiger partial charge is 0.214 e. The monoisotopic (exact) mass is 371 g/mol. The number of nitrogens with one attached hydrogen (secondary N) is 1. The number of benzene rings is 1. The van der Waals surface area contributed by atoms with Gasteiger partial charge in [0, 0.05) is 28.9 Å². The van der Waals surface area contributed by atoms with Crippen molar-refractivity contribution < 1.29 is 4.74 Å². The molecule has 0 amide bonds. The molecular weight excluding hydrogens is 358 g/mol. The number of rotatable bonds is 4. The van der Waals surface area contributed by atoms with Crippen LogP contribution < -0.4 is 10.2 Å². The lowest BCUT2D eigenvalue weighted by Gasteiger charge is -2.19. The van der Waals surface area contributed by atoms with E-state index in [2.05, 4.69) is 20.6 Å². The van der Waals surface area contributed by atoms with Gasteiger partial charge in [0.25, 0.3) is 0 Å². The number of ether oxygens (including phenoxy) is 1. The first-order chi connectivity index (χ1) is 12.3. The average molecular weight is 372 g/mol. The third-order valence-electron chi connectivity index (χ3n) is 3.61. The van der Waals surface area contributed by atoms with Crippen molar-refractivity contribution in [3.63, 3.8) is 0 Å². The number of aromatic nitrogens is 4. The minimum atomic E-state index is 0.578. The van der Waals surface area contributed by atoms with Crippen LogP contribution in [0, 0.1) is 0 Å². The molecule has 1 aromatic carbocycles. The van der Waals surface area contributed by atoms with Crippen LogP contribution in [0.25, 0.3) is 17.1 Å². The first-order valence-electron chi connectivity index (χ1n) is 7.68. The third kappa shape index (κ3) is 3.08. The van der Waals surface area contributed by atoms with E-state index < -0.39 is 0 Å². The molecule has 1 aliphatic rings. The van der Waals surface area contributed by atoms with E-state index in [1.54, 1.807) is 12.4 Å². The quantitative estimate of drug-likeness (QED) is 0.746. The van der Waals surface area contributed by atoms with Gasteiger partial charge < -0.3 is 4.74 Å². The van der Waals surface area contributed by atoms with Crippen LogP contribution in [0.1, 0.15) is 12.5 Å². The molecule has 4 rings (SSSR count). The minimum absolute atomic E-state index is 0.578. The minimum Gasteiger partial charge on any atom is -0.492 e. The molecule has 25 heavy (non-hydrogen) atoms. The highest BCUT2D eigenvalue weighted by atomic mass is 35.5. The van der Waals surface area contributed by atoms with Gasteiger partial charge in [-0.2, -0.15) is 0 Å². The number of pyridine rings is 1. The maximum atomic E-state index is 6.31. The summed E-state index contributed by atoms with van der Waals surface area (Å²) < 4.78 is 7.34. The van der Waals surface area contributed by atoms with Crippen molar-refractivity contribution in [2.75, 3.05) is 12.0 Å². The van der Waals surface area contributed by atoms with E-state index in [1.165, 1.54) is 11.8 Å². The van der Waals surface area contributed by atoms with Crippen LogP contribution >= 0.6 is 23.4 Å². The maximum absolute atomic E-state index is 6.31. The zero-order chi connectivity index (χ0) is 17.2. The van der Waals surface area contributed by atoms with E-state index in [9.17, 15) is 0 Å². The Morgan fingerprint density at radius 3 is 2.92 bits per heavy atom. The Labute approximate surface area is 153 Å². The first-order valence-corrected chi connectivity index (χ1v) is 8.94. The van der Waals surface area contributed by atoms with Gasteiger partial charge in [-0.3, -0.25) is 10.4 Å². The number of hydrogen-bond acceptors (Lipinski definition) is 6. The highest BCUT2D eigenvalue weighted by Gasteiger charge is 2.20. The first kappa shape index (κ1) is 16.0. The van der Waals surface area contributed by atoms with Gasteiger partial charge in [0.15, 0.2) is 5.82 Å². The number of thioether (sulfide) groups is 1. The topological polar surface area (TPSA) is 64.9 Å². The standard InChI is InChI=1S/C17H14ClN5OS/c1-2-24-15-6-5-11(8-13(15)18)14-10-25-17-21-20-16(23(17)22-14)12-4-3-7-19-9-12/h3-10,22H,2H2,1H3. The van der Waals surface area contributed by atoms with Gasteiger partial charge in [0.1, 0.15) is 5.75 Å². The Bertz CT molecular complexity index is 941. The second kappa shape index (κ2) is 6.78. The molecule has 1 aliphatic heterocycles. The van der Waals surface area contributed by atoms with Crippen molar-refractivity contribution in [2.45, 2.75) is 12.1 Å². The van der Waals surface area contributed by atoms with Crippen molar-refractivity contribution in [3.05, 3.63) is 58.7 Å². The molecule has 3 aromatic rings. The Kier molecular flexibility index (Phi) is 4.33. The Morgan fingerprint density at radius 2 is 2.16 bits per heavy atom. The summed E-state index contributed by atoms with van der Waals surface area (Å²) in [6, 6.07) is 9.54. The van der Waals surface area contributed by atoms with Crippen LogP contribution in [-0.4, -0.2) is 26.5 Å². The lowest BCUT2D eigenvalue weighted by Crippen LogP contribution is -2.18. The highest BCUT2D eigenvalue weighted by molar-refractivity contribution is 8.02. The fraction of sp³-hybridized carbons (Fsp3) is 0.118. The molecule has 0 saturated carbocycles. The van der Waals surface area contributed by atoms with Gasteiger partial charge in [-0.15, -0.1) is 10.2 Å². The molecule has 1 N–H and O–H groups in total. The molecule has 6 nitrogen and oxygen atoms in total. The molecule has 0 bridgehead atoms. The number of nitrogens with zero attached hydrogens (tertiary/aromatic N) is 4. The molecule has 3 heterocycles. The zero-order valence-corrected chi connectivity index (χ0v) is 14.9. The molecule has 0 atom stereocenters. The maximum Gasteiger partial charge on any atom is 0.214 e. The van der Waals surface area contributed by atoms with Crippen molar-refractivity contribution in [2.24, 2.45) is 0 Å². The largest absolute Gasteiger partial charge is 0.492 e. The second-order valence-corrected chi connectivity index (χ2v) is 6.47. The molecule has 0 saturated heterocycles. The normalized spacial score (nSPS) is 13.0. The van der Waals surface area contributed by atoms with Gasteiger partial charge in [0.05, 0.1) is 17.3 Å². The number of hydrogen-bond donors (Lipinski definition) is 1. The van der Waals surface area contributed by atoms with Gasteiger partial charge >= 0.3 is 0 Å². The van der Waals surface area contributed by atoms with Crippen LogP contribution in [0.2, 0.25) is 5.02 Å². The predicted molar refractivity (Wildman–Crippen MR) is 99.1 cm³/mol. The Hall–Kier alpha value is -2.51. The van der Waals surface area contributed by atoms with E-state index >= 15 is 0 Å². The summed E-state index contributed by atoms with van der Waals surface area (Å²) in [7, 11) is 0. The predicted octanol–water partition coefficient (Wildman–Crippen LogP) is 4.04. The highest BCUT2D eigenvalue weighted by Crippen LogP contribution is 2.33. The molecule has 0 spiro atoms. The van der Waals surface area contributed by atoms with Crippen molar-refractivity contribution in [1.29, 1.82) is 0 Å². The van der Waals surface area contributed by atoms with Gasteiger partial charge in [-0.1, -0.05) is 23.4 Å². The van der Waals surface area contributed by atoms with E-state index in [0.29, 0.717) is 23.2 Å². The van der Waals surface area contributed by atoms with Gasteiger partial charge in [0.2, 0.25) is 5.16 Å². The molecule has 8 heteroatoms. The molecular formula is C17H14ClN5OS. The lowest BCUT2D eigenvalue weighted by molar-refractivity contribution is 0.340. The van der Waals surface area contributed by atoms with E-state index in [4.69, 9.17) is 16.3 Å². The van der Waals surface area contributed by atoms with Crippen LogP contribution in [0.4, 0.5) is 0 Å². The SMILES string of the molecule is CCOc1ccc(C2=CSc3nnc(-c4cccnc4)n3N2)cc1Cl. The molecule has 126 valence electrons. The zero-order valence-electron chi connectivity index (χ0n) is 13.3. The van der Waals surface area contributed by atoms with Crippen LogP contribution in [0.3, 0.4) is 0 Å². The summed E-state index contributed by atoms with van der Waals surface area (Å²) in [5.74, 6) is 1.39. The van der Waals surface area contributed by atoms with E-state index in [0.717, 1.165) is 22.0 Å². The molecule has 0 radical (unpaired) electrons. The van der Waals surface area contributed by atoms with E-state index in [1.807, 2.05) is 47.3 Å². The number of fused-ring (bicyclic) bond motifs is 1. The van der Waals surface area contributed by atoms with E-state index in [-0.39, 0.29) is 0 Å². The Balaban J connectivity index is 1.65. The van der Waals surface area contributed by atoms with Crippen molar-refractivity contribution in [3.8, 4) is 17.1 Å². The van der Waals surface area contributed by atoms with Crippen molar-refractivity contribution in [1.82, 2.24) is 19.9 Å². The fourth-order valence-electron chi connectivity index (χ4n) is 2.46. The summed E-state index contributed by atoms with van der Waals surface area (Å²) in [5.41, 5.74) is 6.10. The lowest BCUT2D eigenvalue weighted by atomic mass is 10.1. The number of halogens is 1. The molecule has 0 aliphatic carbocycles. The molecule has 0 fully saturated rings. The average Bonchev–Trinajstić information content (AvgIpc) is 3.07. The van der Waals surface area contributed by atoms with Crippen LogP contribution in [-0.2, 0) is 0 Å². The second-order valence-electron chi connectivity index (χ2n) is 5.22. The Morgan fingerprint density at radius 1 is 1.24 bits per heavy atom. The van der Waals surface area contributed by atoms with Crippen LogP contribution in [0.5, 0.6) is 5.75 Å². The summed E-state index contributed by atoms with van der Waals surface area (Å²) in [6.07, 6.45) is 3.49. The van der Waals surface area contributed by atoms with Gasteiger partial charge in [-0.25, -0.2) is 4.68 Å². The summed E-state index contributed by atoms with van der Waals surface area (Å²) in [4.78, 5) is 4.14. The molecule has 2 aromatic heterocycles. The van der Waals surface area contributed by atoms with Crippen molar-refractivity contribution >= 4 is 29.1 Å². The molecule has 0 unspecified atom stereocenters. The van der Waals surface area contributed by atoms with Gasteiger partial charge in [-0.05, 0) is 37.3 Å². The van der Waals surface area contributed by atoms with Crippen LogP contribution in [0.15, 0.2) is 53.3 Å².